The van der Waals surface area contributed by atoms with Crippen molar-refractivity contribution in [2.75, 3.05) is 18.2 Å². The highest BCUT2D eigenvalue weighted by Gasteiger charge is 2.47. The molecule has 27 heavy (non-hydrogen) atoms. The van der Waals surface area contributed by atoms with Crippen LogP contribution in [0, 0.1) is 0 Å². The molecule has 4 rings (SSSR count). The van der Waals surface area contributed by atoms with E-state index in [1.54, 1.807) is 12.1 Å². The number of fused-ring (bicyclic) bond motifs is 2. The Morgan fingerprint density at radius 2 is 2.15 bits per heavy atom. The number of piperidine rings is 1. The molecule has 1 N–H and O–H groups in total. The first-order valence-electron chi connectivity index (χ1n) is 9.10. The van der Waals surface area contributed by atoms with Crippen LogP contribution in [0.4, 0.5) is 5.69 Å². The van der Waals surface area contributed by atoms with Crippen LogP contribution >= 0.6 is 11.8 Å². The molecule has 0 spiro atoms. The number of nitrogens with one attached hydrogen (secondary N) is 1. The Labute approximate surface area is 161 Å². The second kappa shape index (κ2) is 7.16. The lowest BCUT2D eigenvalue weighted by atomic mass is 9.91. The molecular weight excluding hydrogens is 368 g/mol. The smallest absolute Gasteiger partial charge is 0.335 e. The number of nitrogens with zero attached hydrogens (tertiary/aromatic N) is 1. The van der Waals surface area contributed by atoms with Crippen LogP contribution in [0.15, 0.2) is 23.1 Å². The molecule has 0 unspecified atom stereocenters. The second-order valence-electron chi connectivity index (χ2n) is 7.18. The first-order valence-corrected chi connectivity index (χ1v) is 10.1. The minimum Gasteiger partial charge on any atom is -0.467 e. The number of hydrogen-bond donors (Lipinski definition) is 1. The molecule has 0 aliphatic carbocycles. The van der Waals surface area contributed by atoms with Gasteiger partial charge in [-0.05, 0) is 38.0 Å². The third-order valence-electron chi connectivity index (χ3n) is 5.48. The van der Waals surface area contributed by atoms with Crippen molar-refractivity contribution in [2.45, 2.75) is 55.4 Å². The van der Waals surface area contributed by atoms with Gasteiger partial charge in [-0.25, -0.2) is 4.79 Å². The Balaban J connectivity index is 1.59. The summed E-state index contributed by atoms with van der Waals surface area (Å²) in [7, 11) is 1.35. The zero-order valence-electron chi connectivity index (χ0n) is 15.3. The lowest BCUT2D eigenvalue weighted by Gasteiger charge is -2.41. The molecule has 144 valence electrons. The van der Waals surface area contributed by atoms with Crippen molar-refractivity contribution in [3.05, 3.63) is 23.8 Å². The molecule has 7 nitrogen and oxygen atoms in total. The van der Waals surface area contributed by atoms with E-state index >= 15 is 0 Å². The lowest BCUT2D eigenvalue weighted by molar-refractivity contribution is -0.153. The minimum absolute atomic E-state index is 0.0544. The number of rotatable bonds is 2. The largest absolute Gasteiger partial charge is 0.467 e. The zero-order valence-corrected chi connectivity index (χ0v) is 16.1. The number of hydrogen-bond acceptors (Lipinski definition) is 6. The number of carbonyl (C=O) groups excluding carboxylic acids is 3. The number of methoxy groups -OCH3 is 1. The summed E-state index contributed by atoms with van der Waals surface area (Å²) in [5.74, 6) is -0.162. The average molecular weight is 390 g/mol. The van der Waals surface area contributed by atoms with Gasteiger partial charge in [0, 0.05) is 22.9 Å². The summed E-state index contributed by atoms with van der Waals surface area (Å²) in [6.45, 7) is 2.02. The van der Waals surface area contributed by atoms with E-state index in [1.165, 1.54) is 18.9 Å². The normalized spacial score (nSPS) is 29.6. The highest BCUT2D eigenvalue weighted by molar-refractivity contribution is 8.00. The zero-order chi connectivity index (χ0) is 19.1. The Morgan fingerprint density at radius 3 is 2.93 bits per heavy atom. The van der Waals surface area contributed by atoms with Gasteiger partial charge >= 0.3 is 5.97 Å². The van der Waals surface area contributed by atoms with Crippen LogP contribution in [-0.2, 0) is 19.1 Å². The van der Waals surface area contributed by atoms with Crippen molar-refractivity contribution < 1.29 is 23.9 Å². The first-order chi connectivity index (χ1) is 13.0. The molecule has 3 heterocycles. The number of anilines is 1. The summed E-state index contributed by atoms with van der Waals surface area (Å²) >= 11 is 1.47. The molecule has 2 saturated heterocycles. The number of carbonyl (C=O) groups is 3. The molecule has 0 aromatic heterocycles. The van der Waals surface area contributed by atoms with Gasteiger partial charge in [-0.3, -0.25) is 9.59 Å². The quantitative estimate of drug-likeness (QED) is 0.778. The molecule has 8 heteroatoms. The van der Waals surface area contributed by atoms with E-state index in [9.17, 15) is 14.4 Å². The molecule has 4 atom stereocenters. The van der Waals surface area contributed by atoms with Crippen molar-refractivity contribution in [2.24, 2.45) is 0 Å². The van der Waals surface area contributed by atoms with Gasteiger partial charge in [0.15, 0.2) is 6.10 Å². The van der Waals surface area contributed by atoms with Gasteiger partial charge < -0.3 is 19.7 Å². The molecule has 1 aromatic carbocycles. The maximum atomic E-state index is 13.3. The average Bonchev–Trinajstić information content (AvgIpc) is 3.10. The van der Waals surface area contributed by atoms with Gasteiger partial charge in [0.05, 0.1) is 30.7 Å². The van der Waals surface area contributed by atoms with Crippen LogP contribution in [0.2, 0.25) is 0 Å². The fourth-order valence-corrected chi connectivity index (χ4v) is 4.94. The van der Waals surface area contributed by atoms with E-state index < -0.39 is 12.1 Å². The van der Waals surface area contributed by atoms with Crippen LogP contribution < -0.4 is 5.32 Å². The Bertz CT molecular complexity index is 798. The first kappa shape index (κ1) is 18.3. The second-order valence-corrected chi connectivity index (χ2v) is 8.19. The third-order valence-corrected chi connectivity index (χ3v) is 6.56. The fourth-order valence-electron chi connectivity index (χ4n) is 4.15. The monoisotopic (exact) mass is 390 g/mol. The van der Waals surface area contributed by atoms with Gasteiger partial charge in [0.25, 0.3) is 5.91 Å². The number of amides is 2. The van der Waals surface area contributed by atoms with E-state index in [-0.39, 0.29) is 30.0 Å². The van der Waals surface area contributed by atoms with E-state index in [0.717, 1.165) is 17.7 Å². The van der Waals surface area contributed by atoms with Crippen LogP contribution in [0.25, 0.3) is 0 Å². The maximum absolute atomic E-state index is 13.3. The molecule has 0 saturated carbocycles. The molecule has 3 aliphatic heterocycles. The number of ether oxygens (including phenoxy) is 2. The Morgan fingerprint density at radius 1 is 1.33 bits per heavy atom. The van der Waals surface area contributed by atoms with E-state index in [0.29, 0.717) is 23.4 Å². The SMILES string of the molecule is COC(=O)[C@@H]1C[C@@H]2[C@H](CC[C@@H](C)N2C(=O)c2ccc3c(c2)NC(=O)CS3)O1. The van der Waals surface area contributed by atoms with Crippen molar-refractivity contribution in [3.8, 4) is 0 Å². The number of likely N-dealkylation sites (tertiary alicyclic amines) is 1. The Kier molecular flexibility index (Phi) is 4.86. The summed E-state index contributed by atoms with van der Waals surface area (Å²) < 4.78 is 10.7. The number of esters is 1. The number of benzene rings is 1. The molecule has 2 amide bonds. The fraction of sp³-hybridized carbons (Fsp3) is 0.526. The Hall–Kier alpha value is -2.06. The van der Waals surface area contributed by atoms with Crippen molar-refractivity contribution in [1.29, 1.82) is 0 Å². The summed E-state index contributed by atoms with van der Waals surface area (Å²) in [5, 5.41) is 2.83. The van der Waals surface area contributed by atoms with E-state index in [4.69, 9.17) is 9.47 Å². The van der Waals surface area contributed by atoms with Gasteiger partial charge in [-0.2, -0.15) is 0 Å². The minimum atomic E-state index is -0.621. The lowest BCUT2D eigenvalue weighted by Crippen LogP contribution is -2.53. The van der Waals surface area contributed by atoms with Crippen LogP contribution in [0.5, 0.6) is 0 Å². The third kappa shape index (κ3) is 3.32. The van der Waals surface area contributed by atoms with E-state index in [2.05, 4.69) is 5.32 Å². The highest BCUT2D eigenvalue weighted by atomic mass is 32.2. The van der Waals surface area contributed by atoms with Crippen molar-refractivity contribution >= 4 is 35.2 Å². The summed E-state index contributed by atoms with van der Waals surface area (Å²) in [5.41, 5.74) is 1.21. The van der Waals surface area contributed by atoms with Crippen LogP contribution in [-0.4, -0.2) is 59.8 Å². The topological polar surface area (TPSA) is 84.9 Å². The van der Waals surface area contributed by atoms with Crippen molar-refractivity contribution in [3.63, 3.8) is 0 Å². The summed E-state index contributed by atoms with van der Waals surface area (Å²) in [6.07, 6.45) is 1.32. The molecule has 0 bridgehead atoms. The predicted octanol–water partition coefficient (Wildman–Crippen LogP) is 2.05. The maximum Gasteiger partial charge on any atom is 0.335 e. The molecular formula is C19H22N2O5S. The van der Waals surface area contributed by atoms with Crippen LogP contribution in [0.1, 0.15) is 36.5 Å². The molecule has 0 radical (unpaired) electrons. The van der Waals surface area contributed by atoms with Gasteiger partial charge in [-0.15, -0.1) is 11.8 Å². The van der Waals surface area contributed by atoms with Gasteiger partial charge in [-0.1, -0.05) is 0 Å². The molecule has 1 aromatic rings. The van der Waals surface area contributed by atoms with Crippen molar-refractivity contribution in [1.82, 2.24) is 4.90 Å². The molecule has 3 aliphatic rings. The summed E-state index contributed by atoms with van der Waals surface area (Å²) in [6, 6.07) is 5.33. The summed E-state index contributed by atoms with van der Waals surface area (Å²) in [4.78, 5) is 39.6. The number of thioether (sulfide) groups is 1. The highest BCUT2D eigenvalue weighted by Crippen LogP contribution is 2.37. The van der Waals surface area contributed by atoms with E-state index in [1.807, 2.05) is 17.9 Å². The molecule has 2 fully saturated rings. The van der Waals surface area contributed by atoms with Gasteiger partial charge in [0.2, 0.25) is 5.91 Å². The predicted molar refractivity (Wildman–Crippen MR) is 99.7 cm³/mol. The van der Waals surface area contributed by atoms with Gasteiger partial charge in [0.1, 0.15) is 0 Å². The standard InChI is InChI=1S/C19H22N2O5S/c1-10-3-5-14-13(8-15(26-14)19(24)25-2)21(10)18(23)11-4-6-16-12(7-11)20-17(22)9-27-16/h4,6-7,10,13-15H,3,5,8-9H2,1-2H3,(H,20,22)/t10-,13-,14+,15+/m1/s1. The van der Waals surface area contributed by atoms with Crippen LogP contribution in [0.3, 0.4) is 0 Å².